The van der Waals surface area contributed by atoms with Crippen LogP contribution in [-0.2, 0) is 64.1 Å². The zero-order valence-corrected chi connectivity index (χ0v) is 40.9. The highest BCUT2D eigenvalue weighted by molar-refractivity contribution is 7.89. The Bertz CT molecular complexity index is 2660. The lowest BCUT2D eigenvalue weighted by Crippen LogP contribution is -2.35. The maximum atomic E-state index is 13.7. The van der Waals surface area contributed by atoms with E-state index in [1.165, 1.54) is 30.5 Å². The fourth-order valence-electron chi connectivity index (χ4n) is 7.06. The fourth-order valence-corrected chi connectivity index (χ4v) is 9.75. The van der Waals surface area contributed by atoms with Crippen LogP contribution in [0, 0.1) is 0 Å². The third kappa shape index (κ3) is 13.0. The Kier molecular flexibility index (Phi) is 16.5. The zero-order valence-electron chi connectivity index (χ0n) is 39.3. The first kappa shape index (κ1) is 50.2. The molecule has 0 atom stereocenters. The fraction of sp³-hybridized carbons (Fsp3) is 0.354. The van der Waals surface area contributed by atoms with E-state index in [0.717, 1.165) is 46.6 Å². The van der Waals surface area contributed by atoms with E-state index in [0.29, 0.717) is 18.0 Å². The summed E-state index contributed by atoms with van der Waals surface area (Å²) < 4.78 is 81.2. The summed E-state index contributed by atoms with van der Waals surface area (Å²) in [6.07, 6.45) is 5.43. The minimum Gasteiger partial charge on any atom is -0.497 e. The van der Waals surface area contributed by atoms with Gasteiger partial charge in [0.2, 0.25) is 5.91 Å². The van der Waals surface area contributed by atoms with Crippen molar-refractivity contribution < 1.29 is 40.6 Å². The summed E-state index contributed by atoms with van der Waals surface area (Å²) in [4.78, 5) is 15.6. The van der Waals surface area contributed by atoms with Crippen molar-refractivity contribution >= 4 is 26.0 Å². The van der Waals surface area contributed by atoms with Crippen LogP contribution in [0.4, 0.5) is 0 Å². The maximum Gasteiger partial charge on any atom is 0.262 e. The molecule has 19 heteroatoms. The Hall–Kier alpha value is -6.25. The van der Waals surface area contributed by atoms with Crippen molar-refractivity contribution in [2.45, 2.75) is 67.7 Å². The van der Waals surface area contributed by atoms with Gasteiger partial charge in [-0.15, -0.1) is 0 Å². The van der Waals surface area contributed by atoms with Gasteiger partial charge in [0, 0.05) is 58.2 Å². The number of carbonyl (C=O) groups excluding carboxylic acids is 1. The van der Waals surface area contributed by atoms with Gasteiger partial charge < -0.3 is 28.7 Å². The second-order valence-corrected chi connectivity index (χ2v) is 20.3. The number of rotatable bonds is 21. The number of amides is 1. The molecule has 0 spiro atoms. The van der Waals surface area contributed by atoms with Crippen molar-refractivity contribution in [1.29, 1.82) is 0 Å². The highest BCUT2D eigenvalue weighted by Gasteiger charge is 2.45. The summed E-state index contributed by atoms with van der Waals surface area (Å²) in [5.41, 5.74) is 3.40. The van der Waals surface area contributed by atoms with Gasteiger partial charge in [-0.3, -0.25) is 14.2 Å². The average molecular weight is 957 g/mol. The van der Waals surface area contributed by atoms with E-state index in [1.807, 2.05) is 72.8 Å². The highest BCUT2D eigenvalue weighted by atomic mass is 32.2. The van der Waals surface area contributed by atoms with E-state index >= 15 is 0 Å². The number of hydrogen-bond acceptors (Lipinski definition) is 12. The molecule has 1 aliphatic carbocycles. The number of benzene rings is 4. The van der Waals surface area contributed by atoms with E-state index in [-0.39, 0.29) is 54.2 Å². The third-order valence-electron chi connectivity index (χ3n) is 11.5. The van der Waals surface area contributed by atoms with Gasteiger partial charge in [-0.1, -0.05) is 48.5 Å². The molecule has 0 unspecified atom stereocenters. The van der Waals surface area contributed by atoms with Crippen molar-refractivity contribution in [2.75, 3.05) is 56.6 Å². The molecule has 0 saturated heterocycles. The van der Waals surface area contributed by atoms with E-state index < -0.39 is 20.0 Å². The molecule has 1 aliphatic rings. The van der Waals surface area contributed by atoms with Gasteiger partial charge in [0.1, 0.15) is 29.5 Å². The van der Waals surface area contributed by atoms with Crippen LogP contribution in [0.5, 0.6) is 23.0 Å². The predicted octanol–water partition coefficient (Wildman–Crippen LogP) is 5.77. The van der Waals surface area contributed by atoms with Crippen LogP contribution in [0.15, 0.2) is 132 Å². The number of likely N-dealkylation sites (N-methyl/N-ethyl adjacent to an activating group) is 2. The molecule has 0 N–H and O–H groups in total. The van der Waals surface area contributed by atoms with Crippen LogP contribution < -0.4 is 18.9 Å². The number of hydrogen-bond donors (Lipinski definition) is 0. The van der Waals surface area contributed by atoms with E-state index in [2.05, 4.69) is 29.2 Å². The lowest BCUT2D eigenvalue weighted by molar-refractivity contribution is -0.129. The molecule has 6 aromatic rings. The van der Waals surface area contributed by atoms with Crippen molar-refractivity contribution in [1.82, 2.24) is 38.0 Å². The Balaban J connectivity index is 0.000000221. The molecular weight excluding hydrogens is 897 g/mol. The quantitative estimate of drug-likeness (QED) is 0.0856. The van der Waals surface area contributed by atoms with Gasteiger partial charge in [-0.05, 0) is 110 Å². The van der Waals surface area contributed by atoms with Gasteiger partial charge in [-0.2, -0.15) is 18.8 Å². The summed E-state index contributed by atoms with van der Waals surface area (Å²) >= 11 is 0. The van der Waals surface area contributed by atoms with Crippen molar-refractivity contribution in [3.63, 3.8) is 0 Å². The molecule has 2 aromatic heterocycles. The van der Waals surface area contributed by atoms with Crippen LogP contribution in [0.1, 0.15) is 35.1 Å². The van der Waals surface area contributed by atoms with Crippen molar-refractivity contribution in [2.24, 2.45) is 0 Å². The minimum absolute atomic E-state index is 0.0422. The summed E-state index contributed by atoms with van der Waals surface area (Å²) in [7, 11) is 5.95. The maximum absolute atomic E-state index is 13.7. The normalized spacial score (nSPS) is 13.2. The summed E-state index contributed by atoms with van der Waals surface area (Å²) in [5, 5.41) is 8.58. The van der Waals surface area contributed by atoms with E-state index in [1.54, 1.807) is 83.7 Å². The van der Waals surface area contributed by atoms with Gasteiger partial charge >= 0.3 is 0 Å². The third-order valence-corrected chi connectivity index (χ3v) is 14.9. The molecule has 1 amide bonds. The molecule has 67 heavy (non-hydrogen) atoms. The molecule has 0 radical (unpaired) electrons. The molecule has 2 heterocycles. The van der Waals surface area contributed by atoms with Crippen LogP contribution in [0.3, 0.4) is 0 Å². The SMILES string of the molecule is COc1ccc(CN(Cc2ccc(OC)cc2)S(=O)(=O)c2ccn(CC(=O)N(C)C)n2)cc1.COc1ccc(CN(Cc2ccc(OC)cc2)S(=O)(=O)c2ccn(CC3(N(C)C)CC3)n2)cc1. The van der Waals surface area contributed by atoms with E-state index in [4.69, 9.17) is 18.9 Å². The van der Waals surface area contributed by atoms with Crippen LogP contribution in [0.2, 0.25) is 0 Å². The van der Waals surface area contributed by atoms with Crippen molar-refractivity contribution in [3.8, 4) is 23.0 Å². The average Bonchev–Trinajstić information content (AvgIpc) is 3.69. The summed E-state index contributed by atoms with van der Waals surface area (Å²) in [6.45, 7) is 1.34. The Morgan fingerprint density at radius 2 is 0.836 bits per heavy atom. The van der Waals surface area contributed by atoms with Gasteiger partial charge in [0.05, 0.1) is 35.0 Å². The first-order chi connectivity index (χ1) is 32.0. The topological polar surface area (TPSA) is 171 Å². The largest absolute Gasteiger partial charge is 0.497 e. The van der Waals surface area contributed by atoms with E-state index in [9.17, 15) is 21.6 Å². The second-order valence-electron chi connectivity index (χ2n) is 16.5. The molecule has 358 valence electrons. The first-order valence-electron chi connectivity index (χ1n) is 21.4. The lowest BCUT2D eigenvalue weighted by Gasteiger charge is -2.23. The van der Waals surface area contributed by atoms with Crippen LogP contribution in [0.25, 0.3) is 0 Å². The number of sulfonamides is 2. The number of aromatic nitrogens is 4. The zero-order chi connectivity index (χ0) is 48.4. The predicted molar refractivity (Wildman–Crippen MR) is 254 cm³/mol. The highest BCUT2D eigenvalue weighted by Crippen LogP contribution is 2.41. The molecule has 7 rings (SSSR count). The van der Waals surface area contributed by atoms with Gasteiger partial charge in [0.25, 0.3) is 20.0 Å². The second kappa shape index (κ2) is 22.0. The molecule has 0 aliphatic heterocycles. The number of methoxy groups -OCH3 is 4. The lowest BCUT2D eigenvalue weighted by atomic mass is 10.2. The molecule has 0 bridgehead atoms. The summed E-state index contributed by atoms with van der Waals surface area (Å²) in [5.74, 6) is 2.64. The Labute approximate surface area is 394 Å². The van der Waals surface area contributed by atoms with Gasteiger partial charge in [0.15, 0.2) is 10.1 Å². The Morgan fingerprint density at radius 1 is 0.522 bits per heavy atom. The van der Waals surface area contributed by atoms with Gasteiger partial charge in [-0.25, -0.2) is 16.8 Å². The Morgan fingerprint density at radius 3 is 1.12 bits per heavy atom. The van der Waals surface area contributed by atoms with Crippen LogP contribution in [-0.4, -0.2) is 123 Å². The summed E-state index contributed by atoms with van der Waals surface area (Å²) in [6, 6.07) is 32.3. The standard InChI is InChI=1S/C25H32N4O4S.C23H28N4O5S/c1-27(2)25(14-15-25)19-28-16-13-24(26-28)34(30,31)29(17-20-5-9-22(32-3)10-6-20)18-21-7-11-23(33-4)12-8-21;1-25(2)23(28)17-26-14-13-22(24-26)33(29,30)27(15-18-5-9-20(31-3)10-6-18)16-19-7-11-21(32-4)12-8-19/h5-13,16H,14-15,17-19H2,1-4H3;5-14H,15-17H2,1-4H3. The smallest absolute Gasteiger partial charge is 0.262 e. The molecule has 1 saturated carbocycles. The van der Waals surface area contributed by atoms with Crippen LogP contribution >= 0.6 is 0 Å². The van der Waals surface area contributed by atoms with Crippen molar-refractivity contribution in [3.05, 3.63) is 144 Å². The number of ether oxygens (including phenoxy) is 4. The first-order valence-corrected chi connectivity index (χ1v) is 24.3. The molecule has 4 aromatic carbocycles. The number of nitrogens with zero attached hydrogens (tertiary/aromatic N) is 8. The number of carbonyl (C=O) groups is 1. The molecular formula is C48H60N8O9S2. The molecule has 1 fully saturated rings. The minimum atomic E-state index is -3.95. The monoisotopic (exact) mass is 956 g/mol. The molecule has 17 nitrogen and oxygen atoms in total.